The third-order valence-electron chi connectivity index (χ3n) is 2.83. The Balaban J connectivity index is 3.26. The second-order valence-electron chi connectivity index (χ2n) is 6.31. The van der Waals surface area contributed by atoms with E-state index in [0.29, 0.717) is 12.0 Å². The monoisotopic (exact) mass is 258 g/mol. The zero-order valence-corrected chi connectivity index (χ0v) is 11.7. The minimum atomic E-state index is -4.27. The standard InChI is InChI=1S/C15H21F3/c1-10(2)11-6-7-12(9-14(3,4)5)13(8-11)15(16,17)18/h6-8,10H,9H2,1-5H3. The first-order valence-corrected chi connectivity index (χ1v) is 6.21. The van der Waals surface area contributed by atoms with Crippen molar-refractivity contribution in [1.29, 1.82) is 0 Å². The number of alkyl halides is 3. The second-order valence-corrected chi connectivity index (χ2v) is 6.31. The molecule has 0 aliphatic heterocycles. The molecule has 0 aromatic heterocycles. The molecule has 0 nitrogen and oxygen atoms in total. The highest BCUT2D eigenvalue weighted by Crippen LogP contribution is 2.36. The van der Waals surface area contributed by atoms with Crippen LogP contribution in [0.4, 0.5) is 13.2 Å². The van der Waals surface area contributed by atoms with E-state index < -0.39 is 11.7 Å². The third kappa shape index (κ3) is 4.04. The van der Waals surface area contributed by atoms with Crippen LogP contribution in [0.3, 0.4) is 0 Å². The average molecular weight is 258 g/mol. The molecule has 0 fully saturated rings. The fourth-order valence-electron chi connectivity index (χ4n) is 1.94. The number of hydrogen-bond donors (Lipinski definition) is 0. The van der Waals surface area contributed by atoms with Crippen LogP contribution in [-0.2, 0) is 12.6 Å². The van der Waals surface area contributed by atoms with Gasteiger partial charge in [-0.1, -0.05) is 46.8 Å². The third-order valence-corrected chi connectivity index (χ3v) is 2.83. The van der Waals surface area contributed by atoms with Crippen molar-refractivity contribution in [3.05, 3.63) is 34.9 Å². The number of hydrogen-bond acceptors (Lipinski definition) is 0. The van der Waals surface area contributed by atoms with E-state index in [4.69, 9.17) is 0 Å². The molecule has 1 aromatic carbocycles. The van der Waals surface area contributed by atoms with Crippen LogP contribution in [0, 0.1) is 5.41 Å². The topological polar surface area (TPSA) is 0 Å². The minimum absolute atomic E-state index is 0.106. The van der Waals surface area contributed by atoms with Crippen molar-refractivity contribution in [2.75, 3.05) is 0 Å². The van der Waals surface area contributed by atoms with Crippen molar-refractivity contribution in [1.82, 2.24) is 0 Å². The van der Waals surface area contributed by atoms with Crippen LogP contribution in [0.25, 0.3) is 0 Å². The van der Waals surface area contributed by atoms with Crippen molar-refractivity contribution in [3.8, 4) is 0 Å². The van der Waals surface area contributed by atoms with Crippen LogP contribution >= 0.6 is 0 Å². The van der Waals surface area contributed by atoms with Crippen LogP contribution in [0.15, 0.2) is 18.2 Å². The van der Waals surface area contributed by atoms with Crippen LogP contribution in [0.2, 0.25) is 0 Å². The molecular formula is C15H21F3. The summed E-state index contributed by atoms with van der Waals surface area (Å²) in [6.45, 7) is 9.65. The zero-order valence-electron chi connectivity index (χ0n) is 11.7. The molecular weight excluding hydrogens is 237 g/mol. The highest BCUT2D eigenvalue weighted by Gasteiger charge is 2.34. The lowest BCUT2D eigenvalue weighted by Gasteiger charge is -2.22. The summed E-state index contributed by atoms with van der Waals surface area (Å²) < 4.78 is 39.2. The van der Waals surface area contributed by atoms with E-state index in [9.17, 15) is 13.2 Å². The second kappa shape index (κ2) is 4.94. The molecule has 0 aliphatic carbocycles. The van der Waals surface area contributed by atoms with Gasteiger partial charge in [-0.15, -0.1) is 0 Å². The molecule has 0 amide bonds. The highest BCUT2D eigenvalue weighted by atomic mass is 19.4. The maximum absolute atomic E-state index is 13.1. The molecule has 0 N–H and O–H groups in total. The Morgan fingerprint density at radius 1 is 1.06 bits per heavy atom. The first kappa shape index (κ1) is 15.1. The lowest BCUT2D eigenvalue weighted by atomic mass is 9.85. The summed E-state index contributed by atoms with van der Waals surface area (Å²) in [7, 11) is 0. The van der Waals surface area contributed by atoms with Gasteiger partial charge in [-0.25, -0.2) is 0 Å². The van der Waals surface area contributed by atoms with Gasteiger partial charge in [0.25, 0.3) is 0 Å². The van der Waals surface area contributed by atoms with Crippen molar-refractivity contribution in [3.63, 3.8) is 0 Å². The fourth-order valence-corrected chi connectivity index (χ4v) is 1.94. The van der Waals surface area contributed by atoms with Gasteiger partial charge in [-0.05, 0) is 34.9 Å². The first-order valence-electron chi connectivity index (χ1n) is 6.21. The van der Waals surface area contributed by atoms with Crippen LogP contribution < -0.4 is 0 Å². The van der Waals surface area contributed by atoms with Gasteiger partial charge in [-0.2, -0.15) is 13.2 Å². The van der Waals surface area contributed by atoms with E-state index in [1.807, 2.05) is 34.6 Å². The molecule has 0 radical (unpaired) electrons. The number of rotatable bonds is 2. The van der Waals surface area contributed by atoms with Crippen LogP contribution in [-0.4, -0.2) is 0 Å². The summed E-state index contributed by atoms with van der Waals surface area (Å²) in [5.74, 6) is 0.106. The number of halogens is 3. The Morgan fingerprint density at radius 2 is 1.61 bits per heavy atom. The van der Waals surface area contributed by atoms with Crippen LogP contribution in [0.1, 0.15) is 57.2 Å². The number of benzene rings is 1. The van der Waals surface area contributed by atoms with Gasteiger partial charge in [0, 0.05) is 0 Å². The predicted octanol–water partition coefficient (Wildman–Crippen LogP) is 5.42. The Hall–Kier alpha value is -0.990. The summed E-state index contributed by atoms with van der Waals surface area (Å²) in [5.41, 5.74) is 0.488. The molecule has 0 bridgehead atoms. The van der Waals surface area contributed by atoms with E-state index in [0.717, 1.165) is 5.56 Å². The molecule has 0 spiro atoms. The smallest absolute Gasteiger partial charge is 0.166 e. The zero-order chi connectivity index (χ0) is 14.1. The summed E-state index contributed by atoms with van der Waals surface area (Å²) in [6.07, 6.45) is -3.84. The van der Waals surface area contributed by atoms with E-state index in [2.05, 4.69) is 0 Å². The molecule has 0 saturated carbocycles. The molecule has 1 rings (SSSR count). The van der Waals surface area contributed by atoms with Gasteiger partial charge in [0.2, 0.25) is 0 Å². The van der Waals surface area contributed by atoms with E-state index in [1.54, 1.807) is 12.1 Å². The molecule has 0 saturated heterocycles. The Kier molecular flexibility index (Phi) is 4.14. The molecule has 0 unspecified atom stereocenters. The molecule has 0 atom stereocenters. The van der Waals surface area contributed by atoms with E-state index in [-0.39, 0.29) is 11.3 Å². The van der Waals surface area contributed by atoms with Gasteiger partial charge in [0.15, 0.2) is 0 Å². The normalized spacial score (nSPS) is 13.2. The summed E-state index contributed by atoms with van der Waals surface area (Å²) in [4.78, 5) is 0. The minimum Gasteiger partial charge on any atom is -0.166 e. The average Bonchev–Trinajstić information content (AvgIpc) is 2.13. The Morgan fingerprint density at radius 3 is 2.00 bits per heavy atom. The molecule has 0 heterocycles. The largest absolute Gasteiger partial charge is 0.416 e. The Labute approximate surface area is 107 Å². The van der Waals surface area contributed by atoms with Gasteiger partial charge in [0.1, 0.15) is 0 Å². The molecule has 18 heavy (non-hydrogen) atoms. The van der Waals surface area contributed by atoms with Crippen molar-refractivity contribution in [2.24, 2.45) is 5.41 Å². The highest BCUT2D eigenvalue weighted by molar-refractivity contribution is 5.36. The molecule has 3 heteroatoms. The molecule has 0 aliphatic rings. The van der Waals surface area contributed by atoms with Gasteiger partial charge in [-0.3, -0.25) is 0 Å². The van der Waals surface area contributed by atoms with Gasteiger partial charge in [0.05, 0.1) is 5.56 Å². The molecule has 102 valence electrons. The quantitative estimate of drug-likeness (QED) is 0.664. The first-order chi connectivity index (χ1) is 8.00. The summed E-state index contributed by atoms with van der Waals surface area (Å²) in [5, 5.41) is 0. The van der Waals surface area contributed by atoms with Gasteiger partial charge >= 0.3 is 6.18 Å². The van der Waals surface area contributed by atoms with Gasteiger partial charge < -0.3 is 0 Å². The summed E-state index contributed by atoms with van der Waals surface area (Å²) in [6, 6.07) is 4.73. The van der Waals surface area contributed by atoms with Crippen molar-refractivity contribution >= 4 is 0 Å². The lowest BCUT2D eigenvalue weighted by molar-refractivity contribution is -0.138. The summed E-state index contributed by atoms with van der Waals surface area (Å²) >= 11 is 0. The lowest BCUT2D eigenvalue weighted by Crippen LogP contribution is -2.16. The maximum Gasteiger partial charge on any atom is 0.416 e. The van der Waals surface area contributed by atoms with E-state index in [1.165, 1.54) is 6.07 Å². The van der Waals surface area contributed by atoms with Crippen molar-refractivity contribution < 1.29 is 13.2 Å². The fraction of sp³-hybridized carbons (Fsp3) is 0.600. The maximum atomic E-state index is 13.1. The predicted molar refractivity (Wildman–Crippen MR) is 68.7 cm³/mol. The Bertz CT molecular complexity index is 409. The van der Waals surface area contributed by atoms with Crippen molar-refractivity contribution in [2.45, 2.75) is 53.1 Å². The van der Waals surface area contributed by atoms with Crippen LogP contribution in [0.5, 0.6) is 0 Å². The molecule has 1 aromatic rings. The SMILES string of the molecule is CC(C)c1ccc(CC(C)(C)C)c(C(F)(F)F)c1. The van der Waals surface area contributed by atoms with E-state index >= 15 is 0 Å².